The van der Waals surface area contributed by atoms with Crippen molar-refractivity contribution in [2.75, 3.05) is 37.6 Å². The predicted molar refractivity (Wildman–Crippen MR) is 115 cm³/mol. The van der Waals surface area contributed by atoms with Gasteiger partial charge in [0.1, 0.15) is 5.70 Å². The number of hydrogen-bond donors (Lipinski definition) is 0. The van der Waals surface area contributed by atoms with Crippen LogP contribution in [0.4, 0.5) is 5.69 Å². The smallest absolute Gasteiger partial charge is 0.278 e. The Kier molecular flexibility index (Phi) is 5.21. The van der Waals surface area contributed by atoms with E-state index >= 15 is 0 Å². The molecule has 0 unspecified atom stereocenters. The Morgan fingerprint density at radius 2 is 1.48 bits per heavy atom. The number of carbonyl (C=O) groups is 2. The Balaban J connectivity index is 1.64. The molecule has 0 radical (unpaired) electrons. The van der Waals surface area contributed by atoms with E-state index in [1.165, 1.54) is 10.6 Å². The van der Waals surface area contributed by atoms with Crippen LogP contribution in [0.1, 0.15) is 11.1 Å². The minimum Gasteiger partial charge on any atom is -0.368 e. The number of anilines is 1. The zero-order valence-corrected chi connectivity index (χ0v) is 16.7. The van der Waals surface area contributed by atoms with E-state index in [4.69, 9.17) is 0 Å². The maximum Gasteiger partial charge on any atom is 0.278 e. The first-order chi connectivity index (χ1) is 14.1. The van der Waals surface area contributed by atoms with Gasteiger partial charge in [0.25, 0.3) is 11.8 Å². The quantitative estimate of drug-likeness (QED) is 0.584. The third-order valence-electron chi connectivity index (χ3n) is 5.51. The van der Waals surface area contributed by atoms with E-state index in [0.717, 1.165) is 24.2 Å². The van der Waals surface area contributed by atoms with Gasteiger partial charge in [-0.2, -0.15) is 0 Å². The molecular formula is C24H25N3O2. The fraction of sp³-hybridized carbons (Fsp3) is 0.250. The first kappa shape index (κ1) is 19.0. The van der Waals surface area contributed by atoms with Crippen LogP contribution in [-0.2, 0) is 9.59 Å². The fourth-order valence-corrected chi connectivity index (χ4v) is 3.96. The number of piperazine rings is 1. The summed E-state index contributed by atoms with van der Waals surface area (Å²) in [5.41, 5.74) is 4.12. The Hall–Kier alpha value is -3.34. The standard InChI is InChI=1S/C24H25N3O2/c1-3-13-27-23(28)21(19-11-9-18(2)10-12-19)22(24(27)29)26-16-14-25(15-17-26)20-7-5-4-6-8-20/h3-12H,1,13-17H2,2H3. The second-order valence-electron chi connectivity index (χ2n) is 7.41. The van der Waals surface area contributed by atoms with Gasteiger partial charge in [0.05, 0.1) is 5.57 Å². The van der Waals surface area contributed by atoms with Crippen LogP contribution in [0.2, 0.25) is 0 Å². The van der Waals surface area contributed by atoms with Crippen molar-refractivity contribution in [2.24, 2.45) is 0 Å². The van der Waals surface area contributed by atoms with Gasteiger partial charge in [0, 0.05) is 38.4 Å². The lowest BCUT2D eigenvalue weighted by atomic mass is 10.0. The van der Waals surface area contributed by atoms with E-state index in [1.54, 1.807) is 6.08 Å². The number of hydrogen-bond acceptors (Lipinski definition) is 4. The van der Waals surface area contributed by atoms with E-state index in [2.05, 4.69) is 28.5 Å². The van der Waals surface area contributed by atoms with Gasteiger partial charge >= 0.3 is 0 Å². The highest BCUT2D eigenvalue weighted by Crippen LogP contribution is 2.32. The van der Waals surface area contributed by atoms with Crippen molar-refractivity contribution in [1.29, 1.82) is 0 Å². The lowest BCUT2D eigenvalue weighted by Crippen LogP contribution is -2.47. The Morgan fingerprint density at radius 3 is 2.10 bits per heavy atom. The largest absolute Gasteiger partial charge is 0.368 e. The van der Waals surface area contributed by atoms with Gasteiger partial charge in [-0.25, -0.2) is 0 Å². The van der Waals surface area contributed by atoms with Crippen molar-refractivity contribution < 1.29 is 9.59 Å². The predicted octanol–water partition coefficient (Wildman–Crippen LogP) is 3.08. The number of carbonyl (C=O) groups excluding carboxylic acids is 2. The average Bonchev–Trinajstić information content (AvgIpc) is 3.00. The van der Waals surface area contributed by atoms with Crippen molar-refractivity contribution in [3.05, 3.63) is 84.1 Å². The molecule has 5 heteroatoms. The van der Waals surface area contributed by atoms with Crippen LogP contribution in [0, 0.1) is 6.92 Å². The van der Waals surface area contributed by atoms with Crippen LogP contribution in [0.15, 0.2) is 72.9 Å². The van der Waals surface area contributed by atoms with E-state index in [-0.39, 0.29) is 18.4 Å². The van der Waals surface area contributed by atoms with Gasteiger partial charge in [-0.1, -0.05) is 54.1 Å². The van der Waals surface area contributed by atoms with Gasteiger partial charge in [0.15, 0.2) is 0 Å². The molecule has 2 aliphatic rings. The normalized spacial score (nSPS) is 17.3. The molecule has 0 aromatic heterocycles. The first-order valence-corrected chi connectivity index (χ1v) is 9.93. The molecule has 0 spiro atoms. The number of para-hydroxylation sites is 1. The highest BCUT2D eigenvalue weighted by Gasteiger charge is 2.41. The summed E-state index contributed by atoms with van der Waals surface area (Å²) in [6.45, 7) is 8.93. The van der Waals surface area contributed by atoms with Crippen LogP contribution in [-0.4, -0.2) is 54.3 Å². The molecule has 0 saturated carbocycles. The van der Waals surface area contributed by atoms with Crippen LogP contribution in [0.5, 0.6) is 0 Å². The molecule has 0 atom stereocenters. The van der Waals surface area contributed by atoms with E-state index in [1.807, 2.05) is 49.4 Å². The second kappa shape index (κ2) is 7.95. The monoisotopic (exact) mass is 387 g/mol. The summed E-state index contributed by atoms with van der Waals surface area (Å²) in [4.78, 5) is 31.9. The number of nitrogens with zero attached hydrogens (tertiary/aromatic N) is 3. The summed E-state index contributed by atoms with van der Waals surface area (Å²) in [6, 6.07) is 18.1. The number of imide groups is 1. The summed E-state index contributed by atoms with van der Waals surface area (Å²) >= 11 is 0. The summed E-state index contributed by atoms with van der Waals surface area (Å²) in [6.07, 6.45) is 1.60. The van der Waals surface area contributed by atoms with Crippen molar-refractivity contribution in [1.82, 2.24) is 9.80 Å². The van der Waals surface area contributed by atoms with E-state index in [9.17, 15) is 9.59 Å². The fourth-order valence-electron chi connectivity index (χ4n) is 3.96. The number of rotatable bonds is 5. The molecule has 0 aliphatic carbocycles. The Bertz CT molecular complexity index is 955. The minimum absolute atomic E-state index is 0.223. The molecule has 2 aromatic rings. The zero-order valence-electron chi connectivity index (χ0n) is 16.7. The summed E-state index contributed by atoms with van der Waals surface area (Å²) in [5, 5.41) is 0. The maximum absolute atomic E-state index is 13.2. The molecule has 29 heavy (non-hydrogen) atoms. The van der Waals surface area contributed by atoms with Crippen LogP contribution < -0.4 is 4.90 Å². The number of aryl methyl sites for hydroxylation is 1. The Morgan fingerprint density at radius 1 is 0.862 bits per heavy atom. The van der Waals surface area contributed by atoms with Crippen molar-refractivity contribution in [3.8, 4) is 0 Å². The maximum atomic E-state index is 13.2. The third kappa shape index (κ3) is 3.56. The lowest BCUT2D eigenvalue weighted by molar-refractivity contribution is -0.136. The van der Waals surface area contributed by atoms with Crippen molar-refractivity contribution in [3.63, 3.8) is 0 Å². The number of amides is 2. The summed E-state index contributed by atoms with van der Waals surface area (Å²) in [5.74, 6) is -0.460. The van der Waals surface area contributed by atoms with Crippen molar-refractivity contribution in [2.45, 2.75) is 6.92 Å². The molecule has 148 valence electrons. The van der Waals surface area contributed by atoms with E-state index < -0.39 is 0 Å². The SMILES string of the molecule is C=CCN1C(=O)C(c2ccc(C)cc2)=C(N2CCN(c3ccccc3)CC2)C1=O. The van der Waals surface area contributed by atoms with Crippen LogP contribution in [0.25, 0.3) is 5.57 Å². The van der Waals surface area contributed by atoms with Gasteiger partial charge < -0.3 is 9.80 Å². The minimum atomic E-state index is -0.237. The summed E-state index contributed by atoms with van der Waals surface area (Å²) < 4.78 is 0. The van der Waals surface area contributed by atoms with Gasteiger partial charge in [0.2, 0.25) is 0 Å². The highest BCUT2D eigenvalue weighted by molar-refractivity contribution is 6.35. The van der Waals surface area contributed by atoms with Gasteiger partial charge in [-0.05, 0) is 24.6 Å². The average molecular weight is 387 g/mol. The molecule has 0 bridgehead atoms. The topological polar surface area (TPSA) is 43.9 Å². The van der Waals surface area contributed by atoms with Crippen LogP contribution >= 0.6 is 0 Å². The molecule has 2 aliphatic heterocycles. The molecule has 2 amide bonds. The lowest BCUT2D eigenvalue weighted by Gasteiger charge is -2.37. The number of benzene rings is 2. The first-order valence-electron chi connectivity index (χ1n) is 9.93. The molecular weight excluding hydrogens is 362 g/mol. The molecule has 0 N–H and O–H groups in total. The van der Waals surface area contributed by atoms with E-state index in [0.29, 0.717) is 24.4 Å². The molecule has 2 aromatic carbocycles. The highest BCUT2D eigenvalue weighted by atomic mass is 16.2. The van der Waals surface area contributed by atoms with Crippen LogP contribution in [0.3, 0.4) is 0 Å². The molecule has 1 saturated heterocycles. The van der Waals surface area contributed by atoms with Gasteiger partial charge in [-0.3, -0.25) is 14.5 Å². The molecule has 1 fully saturated rings. The molecule has 2 heterocycles. The summed E-state index contributed by atoms with van der Waals surface area (Å²) in [7, 11) is 0. The second-order valence-corrected chi connectivity index (χ2v) is 7.41. The van der Waals surface area contributed by atoms with Gasteiger partial charge in [-0.15, -0.1) is 6.58 Å². The van der Waals surface area contributed by atoms with Crippen molar-refractivity contribution >= 4 is 23.1 Å². The molecule has 4 rings (SSSR count). The molecule has 5 nitrogen and oxygen atoms in total. The zero-order chi connectivity index (χ0) is 20.4. The third-order valence-corrected chi connectivity index (χ3v) is 5.51. The Labute approximate surface area is 171 Å².